The molecule has 0 unspecified atom stereocenters. The monoisotopic (exact) mass is 282 g/mol. The topological polar surface area (TPSA) is 25.8 Å². The molecule has 4 heteroatoms. The van der Waals surface area contributed by atoms with Crippen LogP contribution in [-0.2, 0) is 0 Å². The largest absolute Gasteiger partial charge is 0.232 e. The molecule has 0 saturated heterocycles. The van der Waals surface area contributed by atoms with Crippen molar-refractivity contribution in [2.75, 3.05) is 0 Å². The Bertz CT molecular complexity index is 485. The van der Waals surface area contributed by atoms with Crippen molar-refractivity contribution in [2.45, 2.75) is 6.92 Å². The summed E-state index contributed by atoms with van der Waals surface area (Å²) in [6.45, 7) is 1.82. The summed E-state index contributed by atoms with van der Waals surface area (Å²) in [5, 5.41) is 0.446. The van der Waals surface area contributed by atoms with E-state index in [1.165, 1.54) is 0 Å². The molecule has 0 aliphatic carbocycles. The van der Waals surface area contributed by atoms with Crippen LogP contribution < -0.4 is 0 Å². The van der Waals surface area contributed by atoms with E-state index in [1.54, 1.807) is 0 Å². The molecule has 1 heterocycles. The van der Waals surface area contributed by atoms with Gasteiger partial charge in [-0.3, -0.25) is 0 Å². The fraction of sp³-hybridized carbons (Fsp3) is 0.0909. The molecule has 15 heavy (non-hydrogen) atoms. The Balaban J connectivity index is 2.63. The first-order chi connectivity index (χ1) is 7.18. The summed E-state index contributed by atoms with van der Waals surface area (Å²) in [6.07, 6.45) is 0. The number of hydrogen-bond donors (Lipinski definition) is 0. The third kappa shape index (κ3) is 2.19. The number of rotatable bonds is 1. The van der Waals surface area contributed by atoms with Crippen molar-refractivity contribution in [3.05, 3.63) is 45.8 Å². The van der Waals surface area contributed by atoms with Crippen LogP contribution in [0.15, 0.2) is 34.8 Å². The zero-order chi connectivity index (χ0) is 10.8. The van der Waals surface area contributed by atoms with Gasteiger partial charge in [0.2, 0.25) is 0 Å². The molecule has 0 aliphatic heterocycles. The summed E-state index contributed by atoms with van der Waals surface area (Å²) in [7, 11) is 0. The molecule has 2 aromatic rings. The van der Waals surface area contributed by atoms with Gasteiger partial charge >= 0.3 is 0 Å². The first-order valence-corrected chi connectivity index (χ1v) is 5.60. The highest BCUT2D eigenvalue weighted by molar-refractivity contribution is 9.10. The first-order valence-electron chi connectivity index (χ1n) is 4.43. The number of hydrogen-bond acceptors (Lipinski definition) is 2. The molecule has 0 amide bonds. The second-order valence-corrected chi connectivity index (χ2v) is 4.24. The minimum absolute atomic E-state index is 0.446. The summed E-state index contributed by atoms with van der Waals surface area (Å²) in [5.41, 5.74) is 1.85. The van der Waals surface area contributed by atoms with E-state index in [2.05, 4.69) is 25.9 Å². The van der Waals surface area contributed by atoms with E-state index < -0.39 is 0 Å². The Hall–Kier alpha value is -0.930. The zero-order valence-corrected chi connectivity index (χ0v) is 10.4. The molecule has 76 valence electrons. The highest BCUT2D eigenvalue weighted by Gasteiger charge is 2.10. The van der Waals surface area contributed by atoms with E-state index in [0.717, 1.165) is 15.7 Å². The highest BCUT2D eigenvalue weighted by atomic mass is 79.9. The van der Waals surface area contributed by atoms with Gasteiger partial charge in [0, 0.05) is 5.56 Å². The fourth-order valence-corrected chi connectivity index (χ4v) is 1.93. The van der Waals surface area contributed by atoms with Gasteiger partial charge < -0.3 is 0 Å². The molecule has 2 nitrogen and oxygen atoms in total. The maximum absolute atomic E-state index is 5.97. The molecule has 0 fully saturated rings. The van der Waals surface area contributed by atoms with Crippen LogP contribution in [0.3, 0.4) is 0 Å². The molecule has 0 bridgehead atoms. The van der Waals surface area contributed by atoms with Crippen LogP contribution in [-0.4, -0.2) is 9.97 Å². The SMILES string of the molecule is Cc1nc(Cl)c(Br)c(-c2ccccc2)n1. The van der Waals surface area contributed by atoms with Gasteiger partial charge in [0.25, 0.3) is 0 Å². The molecule has 0 spiro atoms. The molecule has 0 aliphatic rings. The summed E-state index contributed by atoms with van der Waals surface area (Å²) >= 11 is 9.37. The number of benzene rings is 1. The smallest absolute Gasteiger partial charge is 0.147 e. The second-order valence-electron chi connectivity index (χ2n) is 3.09. The number of aryl methyl sites for hydroxylation is 1. The lowest BCUT2D eigenvalue weighted by Gasteiger charge is -2.05. The quantitative estimate of drug-likeness (QED) is 0.743. The van der Waals surface area contributed by atoms with Crippen molar-refractivity contribution >= 4 is 27.5 Å². The Morgan fingerprint density at radius 1 is 1.13 bits per heavy atom. The Labute approximate surface area is 101 Å². The van der Waals surface area contributed by atoms with Crippen LogP contribution in [0.1, 0.15) is 5.82 Å². The van der Waals surface area contributed by atoms with Crippen molar-refractivity contribution in [3.8, 4) is 11.3 Å². The van der Waals surface area contributed by atoms with E-state index >= 15 is 0 Å². The highest BCUT2D eigenvalue weighted by Crippen LogP contribution is 2.30. The maximum Gasteiger partial charge on any atom is 0.147 e. The van der Waals surface area contributed by atoms with Gasteiger partial charge in [-0.25, -0.2) is 9.97 Å². The van der Waals surface area contributed by atoms with Crippen molar-refractivity contribution in [1.29, 1.82) is 0 Å². The van der Waals surface area contributed by atoms with Gasteiger partial charge in [-0.15, -0.1) is 0 Å². The minimum Gasteiger partial charge on any atom is -0.232 e. The number of aromatic nitrogens is 2. The van der Waals surface area contributed by atoms with Crippen LogP contribution in [0.5, 0.6) is 0 Å². The van der Waals surface area contributed by atoms with Crippen molar-refractivity contribution < 1.29 is 0 Å². The molecule has 1 aromatic carbocycles. The van der Waals surface area contributed by atoms with Gasteiger partial charge in [0.1, 0.15) is 11.0 Å². The van der Waals surface area contributed by atoms with E-state index in [9.17, 15) is 0 Å². The third-order valence-corrected chi connectivity index (χ3v) is 3.22. The van der Waals surface area contributed by atoms with Gasteiger partial charge in [-0.1, -0.05) is 41.9 Å². The van der Waals surface area contributed by atoms with Crippen LogP contribution in [0, 0.1) is 6.92 Å². The molecular formula is C11H8BrClN2. The van der Waals surface area contributed by atoms with E-state index in [0.29, 0.717) is 11.0 Å². The number of nitrogens with zero attached hydrogens (tertiary/aromatic N) is 2. The molecule has 2 rings (SSSR count). The average Bonchev–Trinajstić information content (AvgIpc) is 2.24. The maximum atomic E-state index is 5.97. The van der Waals surface area contributed by atoms with Crippen LogP contribution >= 0.6 is 27.5 Å². The normalized spacial score (nSPS) is 10.3. The second kappa shape index (κ2) is 4.29. The minimum atomic E-state index is 0.446. The third-order valence-electron chi connectivity index (χ3n) is 1.97. The molecule has 0 radical (unpaired) electrons. The van der Waals surface area contributed by atoms with E-state index in [1.807, 2.05) is 37.3 Å². The predicted octanol–water partition coefficient (Wildman–Crippen LogP) is 3.87. The lowest BCUT2D eigenvalue weighted by atomic mass is 10.1. The number of halogens is 2. The van der Waals surface area contributed by atoms with Crippen LogP contribution in [0.4, 0.5) is 0 Å². The lowest BCUT2D eigenvalue weighted by molar-refractivity contribution is 1.05. The zero-order valence-electron chi connectivity index (χ0n) is 8.04. The summed E-state index contributed by atoms with van der Waals surface area (Å²) in [6, 6.07) is 9.87. The predicted molar refractivity (Wildman–Crippen MR) is 64.9 cm³/mol. The van der Waals surface area contributed by atoms with Gasteiger partial charge in [0.15, 0.2) is 0 Å². The lowest BCUT2D eigenvalue weighted by Crippen LogP contribution is -1.93. The first kappa shape index (κ1) is 10.6. The Morgan fingerprint density at radius 2 is 1.80 bits per heavy atom. The molecule has 0 N–H and O–H groups in total. The fourth-order valence-electron chi connectivity index (χ4n) is 1.31. The van der Waals surface area contributed by atoms with Crippen molar-refractivity contribution in [1.82, 2.24) is 9.97 Å². The van der Waals surface area contributed by atoms with Gasteiger partial charge in [-0.05, 0) is 22.9 Å². The molecule has 0 saturated carbocycles. The molecule has 1 aromatic heterocycles. The summed E-state index contributed by atoms with van der Waals surface area (Å²) in [5.74, 6) is 0.669. The van der Waals surface area contributed by atoms with Crippen LogP contribution in [0.25, 0.3) is 11.3 Å². The van der Waals surface area contributed by atoms with Crippen molar-refractivity contribution in [2.24, 2.45) is 0 Å². The Kier molecular flexibility index (Phi) is 3.03. The van der Waals surface area contributed by atoms with Gasteiger partial charge in [0.05, 0.1) is 10.2 Å². The summed E-state index contributed by atoms with van der Waals surface area (Å²) < 4.78 is 0.737. The van der Waals surface area contributed by atoms with Crippen molar-refractivity contribution in [3.63, 3.8) is 0 Å². The van der Waals surface area contributed by atoms with Gasteiger partial charge in [-0.2, -0.15) is 0 Å². The molecular weight excluding hydrogens is 275 g/mol. The Morgan fingerprint density at radius 3 is 2.47 bits per heavy atom. The van der Waals surface area contributed by atoms with E-state index in [4.69, 9.17) is 11.6 Å². The summed E-state index contributed by atoms with van der Waals surface area (Å²) in [4.78, 5) is 8.43. The average molecular weight is 284 g/mol. The standard InChI is InChI=1S/C11H8BrClN2/c1-7-14-10(9(12)11(13)15-7)8-5-3-2-4-6-8/h2-6H,1H3. The van der Waals surface area contributed by atoms with E-state index in [-0.39, 0.29) is 0 Å². The molecule has 0 atom stereocenters. The van der Waals surface area contributed by atoms with Crippen LogP contribution in [0.2, 0.25) is 5.15 Å².